The van der Waals surface area contributed by atoms with Gasteiger partial charge in [0.1, 0.15) is 23.2 Å². The largest absolute Gasteiger partial charge is 0.489 e. The second kappa shape index (κ2) is 12.9. The molecule has 0 bridgehead atoms. The predicted octanol–water partition coefficient (Wildman–Crippen LogP) is 5.03. The molecule has 3 aromatic rings. The van der Waals surface area contributed by atoms with Crippen molar-refractivity contribution in [1.29, 1.82) is 5.26 Å². The summed E-state index contributed by atoms with van der Waals surface area (Å²) in [6.07, 6.45) is 2.42. The van der Waals surface area contributed by atoms with E-state index in [4.69, 9.17) is 4.74 Å². The molecule has 0 radical (unpaired) electrons. The number of carbonyl (C=O) groups is 1. The van der Waals surface area contributed by atoms with Crippen molar-refractivity contribution in [2.45, 2.75) is 26.9 Å². The van der Waals surface area contributed by atoms with Crippen LogP contribution in [0, 0.1) is 17.1 Å². The molecule has 1 aliphatic rings. The van der Waals surface area contributed by atoms with Gasteiger partial charge in [0.15, 0.2) is 5.82 Å². The van der Waals surface area contributed by atoms with Crippen molar-refractivity contribution in [3.8, 4) is 11.8 Å². The number of nitrogens with one attached hydrogen (secondary N) is 3. The number of ether oxygens (including phenoxy) is 1. The number of likely N-dealkylation sites (N-methyl/N-ethyl adjacent to an activating group) is 1. The molecule has 1 aromatic heterocycles. The third-order valence-corrected chi connectivity index (χ3v) is 6.34. The molecule has 0 spiro atoms. The number of rotatable bonds is 10. The van der Waals surface area contributed by atoms with E-state index in [0.29, 0.717) is 22.8 Å². The van der Waals surface area contributed by atoms with E-state index in [1.54, 1.807) is 0 Å². The molecule has 1 fully saturated rings. The van der Waals surface area contributed by atoms with Crippen molar-refractivity contribution in [2.75, 3.05) is 53.6 Å². The molecule has 4 rings (SSSR count). The van der Waals surface area contributed by atoms with E-state index in [0.717, 1.165) is 38.4 Å². The predicted molar refractivity (Wildman–Crippen MR) is 155 cm³/mol. The number of carbonyl (C=O) groups excluding carboxylic acids is 1. The highest BCUT2D eigenvalue weighted by Crippen LogP contribution is 2.33. The summed E-state index contributed by atoms with van der Waals surface area (Å²) < 4.78 is 19.8. The molecule has 1 aliphatic heterocycles. The third kappa shape index (κ3) is 7.03. The minimum Gasteiger partial charge on any atom is -0.489 e. The fourth-order valence-corrected chi connectivity index (χ4v) is 4.27. The zero-order valence-electron chi connectivity index (χ0n) is 22.9. The molecule has 2 heterocycles. The lowest BCUT2D eigenvalue weighted by Crippen LogP contribution is -2.46. The first-order chi connectivity index (χ1) is 19.3. The molecule has 40 heavy (non-hydrogen) atoms. The number of halogens is 1. The van der Waals surface area contributed by atoms with Crippen LogP contribution in [0.15, 0.2) is 55.3 Å². The normalized spacial score (nSPS) is 13.4. The number of amides is 1. The summed E-state index contributed by atoms with van der Waals surface area (Å²) in [5, 5.41) is 18.6. The highest BCUT2D eigenvalue weighted by molar-refractivity contribution is 6.02. The number of benzene rings is 2. The highest BCUT2D eigenvalue weighted by atomic mass is 19.1. The van der Waals surface area contributed by atoms with Gasteiger partial charge in [-0.1, -0.05) is 13.5 Å². The lowest BCUT2D eigenvalue weighted by atomic mass is 10.2. The smallest absolute Gasteiger partial charge is 0.247 e. The number of anilines is 6. The van der Waals surface area contributed by atoms with Gasteiger partial charge in [-0.05, 0) is 56.8 Å². The lowest BCUT2D eigenvalue weighted by Gasteiger charge is -2.35. The standard InChI is InChI=1S/C29H33FN8O2/c1-5-27(39)33-24-16-22(38-13-11-37(6-2)12-14-38)8-9-23(24)35-29-32-18-20(17-31)28(36-29)34-25-15-21(30)7-10-26(25)40-19(3)4/h5,7-10,15-16,18-19H,1,6,11-14H2,2-4H3,(H,33,39)(H2,32,34,35,36). The summed E-state index contributed by atoms with van der Waals surface area (Å²) in [6, 6.07) is 11.9. The van der Waals surface area contributed by atoms with Crippen molar-refractivity contribution in [3.63, 3.8) is 0 Å². The fourth-order valence-electron chi connectivity index (χ4n) is 4.27. The highest BCUT2D eigenvalue weighted by Gasteiger charge is 2.18. The van der Waals surface area contributed by atoms with Crippen molar-refractivity contribution in [3.05, 3.63) is 66.6 Å². The first kappa shape index (κ1) is 28.3. The Morgan fingerprint density at radius 3 is 2.60 bits per heavy atom. The van der Waals surface area contributed by atoms with E-state index in [1.807, 2.05) is 32.0 Å². The summed E-state index contributed by atoms with van der Waals surface area (Å²) in [5.74, 6) is -0.0756. The molecule has 208 valence electrons. The van der Waals surface area contributed by atoms with E-state index in [-0.39, 0.29) is 29.3 Å². The minimum atomic E-state index is -0.469. The van der Waals surface area contributed by atoms with Crippen LogP contribution in [0.3, 0.4) is 0 Å². The Hall–Kier alpha value is -4.69. The molecule has 1 saturated heterocycles. The van der Waals surface area contributed by atoms with Gasteiger partial charge >= 0.3 is 0 Å². The Morgan fingerprint density at radius 1 is 1.15 bits per heavy atom. The Bertz CT molecular complexity index is 1410. The van der Waals surface area contributed by atoms with E-state index in [1.165, 1.54) is 30.5 Å². The van der Waals surface area contributed by atoms with Gasteiger partial charge in [0, 0.05) is 37.9 Å². The summed E-state index contributed by atoms with van der Waals surface area (Å²) in [6.45, 7) is 14.1. The van der Waals surface area contributed by atoms with Gasteiger partial charge in [-0.3, -0.25) is 4.79 Å². The Balaban J connectivity index is 1.63. The summed E-state index contributed by atoms with van der Waals surface area (Å²) in [4.78, 5) is 25.6. The number of hydrogen-bond donors (Lipinski definition) is 3. The monoisotopic (exact) mass is 544 g/mol. The number of piperazine rings is 1. The number of hydrogen-bond acceptors (Lipinski definition) is 9. The maximum Gasteiger partial charge on any atom is 0.247 e. The summed E-state index contributed by atoms with van der Waals surface area (Å²) in [5.41, 5.74) is 2.54. The van der Waals surface area contributed by atoms with Crippen molar-refractivity contribution in [2.24, 2.45) is 0 Å². The molecule has 10 nitrogen and oxygen atoms in total. The second-order valence-electron chi connectivity index (χ2n) is 9.47. The van der Waals surface area contributed by atoms with Gasteiger partial charge < -0.3 is 30.5 Å². The topological polar surface area (TPSA) is 118 Å². The minimum absolute atomic E-state index is 0.147. The number of aromatic nitrogens is 2. The van der Waals surface area contributed by atoms with Crippen LogP contribution in [0.2, 0.25) is 0 Å². The maximum atomic E-state index is 14.1. The van der Waals surface area contributed by atoms with Crippen LogP contribution in [0.5, 0.6) is 5.75 Å². The Kier molecular flexibility index (Phi) is 9.14. The number of nitriles is 1. The van der Waals surface area contributed by atoms with E-state index in [9.17, 15) is 14.4 Å². The maximum absolute atomic E-state index is 14.1. The molecule has 0 aliphatic carbocycles. The first-order valence-corrected chi connectivity index (χ1v) is 13.1. The molecule has 3 N–H and O–H groups in total. The third-order valence-electron chi connectivity index (χ3n) is 6.34. The second-order valence-corrected chi connectivity index (χ2v) is 9.47. The van der Waals surface area contributed by atoms with Crippen molar-refractivity contribution >= 4 is 40.4 Å². The average Bonchev–Trinajstić information content (AvgIpc) is 2.95. The van der Waals surface area contributed by atoms with Crippen molar-refractivity contribution < 1.29 is 13.9 Å². The van der Waals surface area contributed by atoms with E-state index in [2.05, 4.69) is 55.3 Å². The first-order valence-electron chi connectivity index (χ1n) is 13.1. The van der Waals surface area contributed by atoms with Crippen LogP contribution >= 0.6 is 0 Å². The van der Waals surface area contributed by atoms with Gasteiger partial charge in [-0.15, -0.1) is 0 Å². The molecule has 0 unspecified atom stereocenters. The lowest BCUT2D eigenvalue weighted by molar-refractivity contribution is -0.111. The molecule has 1 amide bonds. The quantitative estimate of drug-likeness (QED) is 0.302. The van der Waals surface area contributed by atoms with Gasteiger partial charge in [0.25, 0.3) is 0 Å². The molecular formula is C29H33FN8O2. The number of nitrogens with zero attached hydrogens (tertiary/aromatic N) is 5. The van der Waals surface area contributed by atoms with Crippen LogP contribution in [-0.2, 0) is 4.79 Å². The van der Waals surface area contributed by atoms with Crippen LogP contribution in [-0.4, -0.2) is 59.6 Å². The summed E-state index contributed by atoms with van der Waals surface area (Å²) >= 11 is 0. The van der Waals surface area contributed by atoms with Crippen LogP contribution in [0.4, 0.5) is 38.9 Å². The summed E-state index contributed by atoms with van der Waals surface area (Å²) in [7, 11) is 0. The molecular weight excluding hydrogens is 511 g/mol. The van der Waals surface area contributed by atoms with Crippen LogP contribution in [0.1, 0.15) is 26.3 Å². The molecule has 0 atom stereocenters. The van der Waals surface area contributed by atoms with Gasteiger partial charge in [-0.25, -0.2) is 9.37 Å². The molecule has 2 aromatic carbocycles. The average molecular weight is 545 g/mol. The van der Waals surface area contributed by atoms with Gasteiger partial charge in [0.2, 0.25) is 11.9 Å². The molecule has 11 heteroatoms. The van der Waals surface area contributed by atoms with Gasteiger partial charge in [0.05, 0.1) is 29.4 Å². The van der Waals surface area contributed by atoms with Gasteiger partial charge in [-0.2, -0.15) is 10.2 Å². The zero-order chi connectivity index (χ0) is 28.6. The Morgan fingerprint density at radius 2 is 1.93 bits per heavy atom. The Labute approximate surface area is 233 Å². The zero-order valence-corrected chi connectivity index (χ0v) is 22.9. The molecule has 0 saturated carbocycles. The van der Waals surface area contributed by atoms with E-state index >= 15 is 0 Å². The van der Waals surface area contributed by atoms with Crippen LogP contribution in [0.25, 0.3) is 0 Å². The van der Waals surface area contributed by atoms with Crippen molar-refractivity contribution in [1.82, 2.24) is 14.9 Å². The van der Waals surface area contributed by atoms with Crippen LogP contribution < -0.4 is 25.6 Å². The fraction of sp³-hybridized carbons (Fsp3) is 0.310. The van der Waals surface area contributed by atoms with E-state index < -0.39 is 5.82 Å². The SMILES string of the molecule is C=CC(=O)Nc1cc(N2CCN(CC)CC2)ccc1Nc1ncc(C#N)c(Nc2cc(F)ccc2OC(C)C)n1.